The molecule has 1 heterocycles. The predicted molar refractivity (Wildman–Crippen MR) is 113 cm³/mol. The van der Waals surface area contributed by atoms with Crippen molar-refractivity contribution in [1.82, 2.24) is 9.55 Å². The SMILES string of the molecule is C=C1CCCC1c1cnc(Sc2ccccc2)n1COCC[Si](C)(C)C. The molecule has 140 valence electrons. The summed E-state index contributed by atoms with van der Waals surface area (Å²) in [6.45, 7) is 12.9. The third-order valence-corrected chi connectivity index (χ3v) is 7.58. The summed E-state index contributed by atoms with van der Waals surface area (Å²) in [6, 6.07) is 11.6. The first kappa shape index (κ1) is 19.5. The molecule has 3 rings (SSSR count). The number of benzene rings is 1. The third-order valence-electron chi connectivity index (χ3n) is 4.86. The lowest BCUT2D eigenvalue weighted by atomic mass is 10.0. The summed E-state index contributed by atoms with van der Waals surface area (Å²) in [5, 5.41) is 1.01. The number of ether oxygens (including phenoxy) is 1. The number of aromatic nitrogens is 2. The second-order valence-corrected chi connectivity index (χ2v) is 14.9. The molecule has 0 radical (unpaired) electrons. The minimum absolute atomic E-state index is 0.424. The van der Waals surface area contributed by atoms with Crippen molar-refractivity contribution in [3.8, 4) is 0 Å². The zero-order chi connectivity index (χ0) is 18.6. The van der Waals surface area contributed by atoms with Gasteiger partial charge in [-0.15, -0.1) is 0 Å². The second-order valence-electron chi connectivity index (χ2n) is 8.26. The molecule has 0 saturated heterocycles. The van der Waals surface area contributed by atoms with Crippen LogP contribution in [0.15, 0.2) is 58.7 Å². The molecule has 3 nitrogen and oxygen atoms in total. The molecule has 1 fully saturated rings. The Morgan fingerprint density at radius 3 is 2.69 bits per heavy atom. The van der Waals surface area contributed by atoms with Crippen molar-refractivity contribution in [3.05, 3.63) is 54.4 Å². The van der Waals surface area contributed by atoms with E-state index in [9.17, 15) is 0 Å². The van der Waals surface area contributed by atoms with E-state index in [4.69, 9.17) is 9.72 Å². The van der Waals surface area contributed by atoms with E-state index in [1.807, 2.05) is 12.3 Å². The van der Waals surface area contributed by atoms with Crippen LogP contribution < -0.4 is 0 Å². The van der Waals surface area contributed by atoms with E-state index in [-0.39, 0.29) is 0 Å². The Morgan fingerprint density at radius 1 is 1.27 bits per heavy atom. The minimum atomic E-state index is -1.07. The van der Waals surface area contributed by atoms with E-state index in [1.165, 1.54) is 35.0 Å². The molecule has 1 aromatic carbocycles. The lowest BCUT2D eigenvalue weighted by Crippen LogP contribution is -2.22. The molecule has 1 saturated carbocycles. The van der Waals surface area contributed by atoms with Crippen LogP contribution in [0.2, 0.25) is 25.7 Å². The van der Waals surface area contributed by atoms with Crippen molar-refractivity contribution in [2.24, 2.45) is 0 Å². The van der Waals surface area contributed by atoms with E-state index in [0.29, 0.717) is 12.6 Å². The summed E-state index contributed by atoms with van der Waals surface area (Å²) < 4.78 is 8.35. The summed E-state index contributed by atoms with van der Waals surface area (Å²) >= 11 is 1.71. The van der Waals surface area contributed by atoms with Crippen LogP contribution in [0, 0.1) is 0 Å². The Labute approximate surface area is 162 Å². The van der Waals surface area contributed by atoms with Crippen LogP contribution in [0.1, 0.15) is 30.9 Å². The molecule has 5 heteroatoms. The second kappa shape index (κ2) is 8.59. The quantitative estimate of drug-likeness (QED) is 0.308. The zero-order valence-electron chi connectivity index (χ0n) is 16.2. The molecule has 0 spiro atoms. The minimum Gasteiger partial charge on any atom is -0.361 e. The maximum Gasteiger partial charge on any atom is 0.174 e. The van der Waals surface area contributed by atoms with Gasteiger partial charge in [0.25, 0.3) is 0 Å². The van der Waals surface area contributed by atoms with Gasteiger partial charge in [0.1, 0.15) is 6.73 Å². The van der Waals surface area contributed by atoms with Gasteiger partial charge in [-0.2, -0.15) is 0 Å². The molecule has 1 aromatic heterocycles. The highest BCUT2D eigenvalue weighted by Crippen LogP contribution is 2.40. The van der Waals surface area contributed by atoms with Gasteiger partial charge in [-0.1, -0.05) is 61.8 Å². The number of allylic oxidation sites excluding steroid dienone is 1. The fourth-order valence-corrected chi connectivity index (χ4v) is 4.89. The molecule has 1 unspecified atom stereocenters. The van der Waals surface area contributed by atoms with Gasteiger partial charge in [0.05, 0.1) is 6.20 Å². The van der Waals surface area contributed by atoms with E-state index < -0.39 is 8.07 Å². The predicted octanol–water partition coefficient (Wildman–Crippen LogP) is 6.17. The lowest BCUT2D eigenvalue weighted by molar-refractivity contribution is 0.0789. The Hall–Kier alpha value is -1.30. The van der Waals surface area contributed by atoms with Crippen LogP contribution in [-0.2, 0) is 11.5 Å². The first-order valence-electron chi connectivity index (χ1n) is 9.48. The van der Waals surface area contributed by atoms with Gasteiger partial charge >= 0.3 is 0 Å². The molecule has 1 atom stereocenters. The van der Waals surface area contributed by atoms with Crippen molar-refractivity contribution < 1.29 is 4.74 Å². The van der Waals surface area contributed by atoms with Crippen LogP contribution >= 0.6 is 11.8 Å². The fourth-order valence-electron chi connectivity index (χ4n) is 3.26. The van der Waals surface area contributed by atoms with Gasteiger partial charge in [0.15, 0.2) is 5.16 Å². The van der Waals surface area contributed by atoms with Crippen LogP contribution in [0.5, 0.6) is 0 Å². The summed E-state index contributed by atoms with van der Waals surface area (Å²) in [6.07, 6.45) is 5.57. The molecule has 0 N–H and O–H groups in total. The molecule has 2 aromatic rings. The van der Waals surface area contributed by atoms with Crippen molar-refractivity contribution in [2.45, 2.75) is 67.6 Å². The standard InChI is InChI=1S/C21H30N2OSSi/c1-17-9-8-12-19(17)20-15-22-21(25-18-10-6-5-7-11-18)23(20)16-24-13-14-26(2,3)4/h5-7,10-11,15,19H,1,8-9,12-14,16H2,2-4H3. The summed E-state index contributed by atoms with van der Waals surface area (Å²) in [4.78, 5) is 5.94. The number of hydrogen-bond donors (Lipinski definition) is 0. The Morgan fingerprint density at radius 2 is 2.04 bits per heavy atom. The van der Waals surface area contributed by atoms with Crippen LogP contribution in [0.3, 0.4) is 0 Å². The molecule has 0 aliphatic heterocycles. The number of imidazole rings is 1. The smallest absolute Gasteiger partial charge is 0.174 e. The molecule has 0 bridgehead atoms. The number of rotatable bonds is 8. The van der Waals surface area contributed by atoms with E-state index in [1.54, 1.807) is 11.8 Å². The van der Waals surface area contributed by atoms with Crippen LogP contribution in [0.4, 0.5) is 0 Å². The molecule has 1 aliphatic rings. The van der Waals surface area contributed by atoms with Gasteiger partial charge in [-0.3, -0.25) is 4.57 Å². The molecular formula is C21H30N2OSSi. The van der Waals surface area contributed by atoms with Crippen molar-refractivity contribution in [1.29, 1.82) is 0 Å². The highest BCUT2D eigenvalue weighted by molar-refractivity contribution is 7.99. The third kappa shape index (κ3) is 5.12. The molecule has 26 heavy (non-hydrogen) atoms. The highest BCUT2D eigenvalue weighted by atomic mass is 32.2. The summed E-state index contributed by atoms with van der Waals surface area (Å²) in [7, 11) is -1.07. The number of hydrogen-bond acceptors (Lipinski definition) is 3. The Bertz CT molecular complexity index is 736. The maximum atomic E-state index is 6.08. The van der Waals surface area contributed by atoms with Gasteiger partial charge in [0, 0.05) is 31.2 Å². The highest BCUT2D eigenvalue weighted by Gasteiger charge is 2.26. The average molecular weight is 387 g/mol. The van der Waals surface area contributed by atoms with Gasteiger partial charge in [-0.05, 0) is 37.4 Å². The zero-order valence-corrected chi connectivity index (χ0v) is 18.0. The largest absolute Gasteiger partial charge is 0.361 e. The van der Waals surface area contributed by atoms with Crippen molar-refractivity contribution >= 4 is 19.8 Å². The van der Waals surface area contributed by atoms with Crippen LogP contribution in [0.25, 0.3) is 0 Å². The lowest BCUT2D eigenvalue weighted by Gasteiger charge is -2.19. The fraction of sp³-hybridized carbons (Fsp3) is 0.476. The first-order chi connectivity index (χ1) is 12.4. The van der Waals surface area contributed by atoms with Crippen molar-refractivity contribution in [3.63, 3.8) is 0 Å². The Kier molecular flexibility index (Phi) is 6.43. The van der Waals surface area contributed by atoms with Crippen LogP contribution in [-0.4, -0.2) is 24.2 Å². The number of nitrogens with zero attached hydrogens (tertiary/aromatic N) is 2. The van der Waals surface area contributed by atoms with E-state index >= 15 is 0 Å². The summed E-state index contributed by atoms with van der Waals surface area (Å²) in [5.41, 5.74) is 2.60. The van der Waals surface area contributed by atoms with E-state index in [2.05, 4.69) is 55.1 Å². The topological polar surface area (TPSA) is 27.1 Å². The first-order valence-corrected chi connectivity index (χ1v) is 14.0. The van der Waals surface area contributed by atoms with E-state index in [0.717, 1.165) is 18.2 Å². The van der Waals surface area contributed by atoms with Gasteiger partial charge in [0.2, 0.25) is 0 Å². The molecule has 0 amide bonds. The molecule has 1 aliphatic carbocycles. The summed E-state index contributed by atoms with van der Waals surface area (Å²) in [5.74, 6) is 0.424. The Balaban J connectivity index is 1.77. The molecular weight excluding hydrogens is 356 g/mol. The monoisotopic (exact) mass is 386 g/mol. The van der Waals surface area contributed by atoms with Crippen molar-refractivity contribution in [2.75, 3.05) is 6.61 Å². The van der Waals surface area contributed by atoms with Gasteiger partial charge < -0.3 is 4.74 Å². The average Bonchev–Trinajstić information content (AvgIpc) is 3.18. The normalized spacial score (nSPS) is 17.8. The van der Waals surface area contributed by atoms with Gasteiger partial charge in [-0.25, -0.2) is 4.98 Å². The maximum absolute atomic E-state index is 6.08.